The van der Waals surface area contributed by atoms with Crippen LogP contribution >= 0.6 is 0 Å². The Bertz CT molecular complexity index is 378. The number of nitrogens with one attached hydrogen (secondary N) is 1. The minimum absolute atomic E-state index is 0.648. The molecule has 0 amide bonds. The van der Waals surface area contributed by atoms with E-state index in [0.717, 1.165) is 30.3 Å². The summed E-state index contributed by atoms with van der Waals surface area (Å²) in [6.45, 7) is 6.27. The highest BCUT2D eigenvalue weighted by Crippen LogP contribution is 2.15. The molecule has 1 saturated heterocycles. The third-order valence-electron chi connectivity index (χ3n) is 3.44. The standard InChI is InChI=1S/C13H22N4/c1-4-11-8-13(16-10(2)15-11)14-9-12-6-5-7-17(12)3/h8,12H,4-7,9H2,1-3H3,(H,14,15,16). The van der Waals surface area contributed by atoms with Crippen molar-refractivity contribution >= 4 is 5.82 Å². The van der Waals surface area contributed by atoms with E-state index in [4.69, 9.17) is 0 Å². The lowest BCUT2D eigenvalue weighted by Crippen LogP contribution is -2.31. The van der Waals surface area contributed by atoms with Gasteiger partial charge in [-0.2, -0.15) is 0 Å². The van der Waals surface area contributed by atoms with Crippen LogP contribution in [0, 0.1) is 6.92 Å². The molecule has 0 aliphatic carbocycles. The quantitative estimate of drug-likeness (QED) is 0.863. The molecule has 1 aliphatic rings. The average Bonchev–Trinajstić information content (AvgIpc) is 2.71. The average molecular weight is 234 g/mol. The number of anilines is 1. The molecule has 0 saturated carbocycles. The van der Waals surface area contributed by atoms with Crippen molar-refractivity contribution in [3.63, 3.8) is 0 Å². The summed E-state index contributed by atoms with van der Waals surface area (Å²) in [4.78, 5) is 11.2. The van der Waals surface area contributed by atoms with Gasteiger partial charge in [0, 0.05) is 24.3 Å². The maximum atomic E-state index is 4.43. The third kappa shape index (κ3) is 3.16. The monoisotopic (exact) mass is 234 g/mol. The fourth-order valence-electron chi connectivity index (χ4n) is 2.36. The van der Waals surface area contributed by atoms with Gasteiger partial charge in [-0.15, -0.1) is 0 Å². The molecule has 94 valence electrons. The number of aryl methyl sites for hydroxylation is 2. The predicted molar refractivity (Wildman–Crippen MR) is 70.3 cm³/mol. The number of aromatic nitrogens is 2. The zero-order valence-electron chi connectivity index (χ0n) is 11.0. The van der Waals surface area contributed by atoms with Crippen LogP contribution in [0.1, 0.15) is 31.3 Å². The lowest BCUT2D eigenvalue weighted by Gasteiger charge is -2.20. The van der Waals surface area contributed by atoms with Gasteiger partial charge in [0.1, 0.15) is 11.6 Å². The van der Waals surface area contributed by atoms with Crippen molar-refractivity contribution in [1.29, 1.82) is 0 Å². The molecule has 1 N–H and O–H groups in total. The Morgan fingerprint density at radius 3 is 2.94 bits per heavy atom. The van der Waals surface area contributed by atoms with Crippen LogP contribution in [-0.2, 0) is 6.42 Å². The van der Waals surface area contributed by atoms with E-state index >= 15 is 0 Å². The fraction of sp³-hybridized carbons (Fsp3) is 0.692. The second-order valence-electron chi connectivity index (χ2n) is 4.80. The SMILES string of the molecule is CCc1cc(NCC2CCCN2C)nc(C)n1. The molecule has 17 heavy (non-hydrogen) atoms. The Hall–Kier alpha value is -1.16. The summed E-state index contributed by atoms with van der Waals surface area (Å²) in [5.41, 5.74) is 1.11. The zero-order chi connectivity index (χ0) is 12.3. The first-order chi connectivity index (χ1) is 8.19. The van der Waals surface area contributed by atoms with Gasteiger partial charge in [0.05, 0.1) is 0 Å². The molecular weight excluding hydrogens is 212 g/mol. The highest BCUT2D eigenvalue weighted by Gasteiger charge is 2.20. The lowest BCUT2D eigenvalue weighted by molar-refractivity contribution is 0.322. The van der Waals surface area contributed by atoms with Crippen molar-refractivity contribution in [2.24, 2.45) is 0 Å². The number of likely N-dealkylation sites (N-methyl/N-ethyl adjacent to an activating group) is 1. The molecular formula is C13H22N4. The third-order valence-corrected chi connectivity index (χ3v) is 3.44. The summed E-state index contributed by atoms with van der Waals surface area (Å²) in [6, 6.07) is 2.71. The highest BCUT2D eigenvalue weighted by atomic mass is 15.2. The van der Waals surface area contributed by atoms with Gasteiger partial charge in [0.2, 0.25) is 0 Å². The number of hydrogen-bond acceptors (Lipinski definition) is 4. The molecule has 2 rings (SSSR count). The van der Waals surface area contributed by atoms with Gasteiger partial charge in [-0.3, -0.25) is 0 Å². The summed E-state index contributed by atoms with van der Waals surface area (Å²) in [5.74, 6) is 1.82. The van der Waals surface area contributed by atoms with Crippen molar-refractivity contribution in [3.8, 4) is 0 Å². The number of hydrogen-bond donors (Lipinski definition) is 1. The minimum Gasteiger partial charge on any atom is -0.368 e. The van der Waals surface area contributed by atoms with E-state index in [1.54, 1.807) is 0 Å². The van der Waals surface area contributed by atoms with Crippen LogP contribution in [0.3, 0.4) is 0 Å². The Labute approximate surface area is 103 Å². The van der Waals surface area contributed by atoms with E-state index in [0.29, 0.717) is 6.04 Å². The smallest absolute Gasteiger partial charge is 0.129 e. The molecule has 0 spiro atoms. The van der Waals surface area contributed by atoms with Crippen LogP contribution in [0.5, 0.6) is 0 Å². The van der Waals surface area contributed by atoms with Gasteiger partial charge in [-0.25, -0.2) is 9.97 Å². The minimum atomic E-state index is 0.648. The van der Waals surface area contributed by atoms with E-state index in [2.05, 4.69) is 40.2 Å². The normalized spacial score (nSPS) is 20.8. The summed E-state index contributed by atoms with van der Waals surface area (Å²) in [6.07, 6.45) is 3.56. The van der Waals surface area contributed by atoms with Crippen LogP contribution in [0.4, 0.5) is 5.82 Å². The van der Waals surface area contributed by atoms with Crippen LogP contribution in [0.15, 0.2) is 6.07 Å². The molecule has 1 aliphatic heterocycles. The van der Waals surface area contributed by atoms with E-state index in [-0.39, 0.29) is 0 Å². The Morgan fingerprint density at radius 2 is 2.29 bits per heavy atom. The van der Waals surface area contributed by atoms with E-state index in [1.807, 2.05) is 6.92 Å². The van der Waals surface area contributed by atoms with E-state index < -0.39 is 0 Å². The number of rotatable bonds is 4. The first-order valence-corrected chi connectivity index (χ1v) is 6.47. The topological polar surface area (TPSA) is 41.0 Å². The number of likely N-dealkylation sites (tertiary alicyclic amines) is 1. The van der Waals surface area contributed by atoms with Crippen LogP contribution in [-0.4, -0.2) is 41.0 Å². The van der Waals surface area contributed by atoms with Gasteiger partial charge in [0.15, 0.2) is 0 Å². The predicted octanol–water partition coefficient (Wildman–Crippen LogP) is 1.85. The van der Waals surface area contributed by atoms with Crippen molar-refractivity contribution in [2.45, 2.75) is 39.2 Å². The Morgan fingerprint density at radius 1 is 1.47 bits per heavy atom. The van der Waals surface area contributed by atoms with E-state index in [9.17, 15) is 0 Å². The molecule has 0 radical (unpaired) electrons. The lowest BCUT2D eigenvalue weighted by atomic mass is 10.2. The number of nitrogens with zero attached hydrogens (tertiary/aromatic N) is 3. The summed E-state index contributed by atoms with van der Waals surface area (Å²) in [7, 11) is 2.20. The zero-order valence-corrected chi connectivity index (χ0v) is 11.0. The Balaban J connectivity index is 1.96. The molecule has 1 atom stereocenters. The molecule has 4 heteroatoms. The molecule has 2 heterocycles. The first kappa shape index (κ1) is 12.3. The van der Waals surface area contributed by atoms with Crippen molar-refractivity contribution in [3.05, 3.63) is 17.6 Å². The maximum Gasteiger partial charge on any atom is 0.129 e. The van der Waals surface area contributed by atoms with Crippen molar-refractivity contribution < 1.29 is 0 Å². The fourth-order valence-corrected chi connectivity index (χ4v) is 2.36. The Kier molecular flexibility index (Phi) is 3.94. The molecule has 1 unspecified atom stereocenters. The summed E-state index contributed by atoms with van der Waals surface area (Å²) < 4.78 is 0. The van der Waals surface area contributed by atoms with Gasteiger partial charge in [0.25, 0.3) is 0 Å². The first-order valence-electron chi connectivity index (χ1n) is 6.47. The largest absolute Gasteiger partial charge is 0.368 e. The molecule has 1 fully saturated rings. The highest BCUT2D eigenvalue weighted by molar-refractivity contribution is 5.36. The van der Waals surface area contributed by atoms with Gasteiger partial charge >= 0.3 is 0 Å². The maximum absolute atomic E-state index is 4.43. The van der Waals surface area contributed by atoms with Crippen molar-refractivity contribution in [1.82, 2.24) is 14.9 Å². The van der Waals surface area contributed by atoms with Crippen LogP contribution in [0.25, 0.3) is 0 Å². The molecule has 4 nitrogen and oxygen atoms in total. The second-order valence-corrected chi connectivity index (χ2v) is 4.80. The molecule has 0 aromatic carbocycles. The van der Waals surface area contributed by atoms with E-state index in [1.165, 1.54) is 19.4 Å². The van der Waals surface area contributed by atoms with Gasteiger partial charge in [-0.1, -0.05) is 6.92 Å². The van der Waals surface area contributed by atoms with Crippen molar-refractivity contribution in [2.75, 3.05) is 25.5 Å². The van der Waals surface area contributed by atoms with Crippen LogP contribution in [0.2, 0.25) is 0 Å². The van der Waals surface area contributed by atoms with Crippen LogP contribution < -0.4 is 5.32 Å². The molecule has 1 aromatic heterocycles. The molecule has 0 bridgehead atoms. The second kappa shape index (κ2) is 5.45. The van der Waals surface area contributed by atoms with Gasteiger partial charge in [-0.05, 0) is 39.8 Å². The molecule has 1 aromatic rings. The van der Waals surface area contributed by atoms with Gasteiger partial charge < -0.3 is 10.2 Å². The summed E-state index contributed by atoms with van der Waals surface area (Å²) in [5, 5.41) is 3.44. The summed E-state index contributed by atoms with van der Waals surface area (Å²) >= 11 is 0.